The average molecular weight is 404 g/mol. The highest BCUT2D eigenvalue weighted by molar-refractivity contribution is 7.96. The number of nitrogens with zero attached hydrogens (tertiary/aromatic N) is 1. The van der Waals surface area contributed by atoms with Gasteiger partial charge >= 0.3 is 0 Å². The van der Waals surface area contributed by atoms with Gasteiger partial charge in [-0.05, 0) is 25.2 Å². The van der Waals surface area contributed by atoms with E-state index in [1.54, 1.807) is 31.3 Å². The highest BCUT2D eigenvalue weighted by Crippen LogP contribution is 2.41. The first-order chi connectivity index (χ1) is 11.7. The molecule has 2 heterocycles. The SMILES string of the molecule is CN[C@@H]1CN(c2cccc(OC)c2)S(=O)(=O)c2sc(S(N)(=O)=O)cc21. The first-order valence-electron chi connectivity index (χ1n) is 7.19. The summed E-state index contributed by atoms with van der Waals surface area (Å²) in [7, 11) is -4.71. The lowest BCUT2D eigenvalue weighted by Gasteiger charge is -2.33. The molecule has 0 amide bonds. The molecule has 1 aromatic carbocycles. The Labute approximate surface area is 150 Å². The first-order valence-corrected chi connectivity index (χ1v) is 11.0. The number of anilines is 1. The number of ether oxygens (including phenoxy) is 1. The number of nitrogens with two attached hydrogens (primary N) is 1. The van der Waals surface area contributed by atoms with Crippen LogP contribution in [0.4, 0.5) is 5.69 Å². The second-order valence-corrected chi connectivity index (χ2v) is 10.3. The second-order valence-electron chi connectivity index (χ2n) is 5.43. The number of hydrogen-bond acceptors (Lipinski definition) is 7. The maximum Gasteiger partial charge on any atom is 0.274 e. The number of benzene rings is 1. The van der Waals surface area contributed by atoms with Crippen LogP contribution in [-0.4, -0.2) is 37.5 Å². The molecule has 0 unspecified atom stereocenters. The van der Waals surface area contributed by atoms with E-state index < -0.39 is 20.0 Å². The van der Waals surface area contributed by atoms with Crippen molar-refractivity contribution in [3.8, 4) is 5.75 Å². The predicted octanol–water partition coefficient (Wildman–Crippen LogP) is 0.873. The topological polar surface area (TPSA) is 119 Å². The van der Waals surface area contributed by atoms with Crippen LogP contribution in [0.2, 0.25) is 0 Å². The van der Waals surface area contributed by atoms with E-state index in [0.717, 1.165) is 0 Å². The Kier molecular flexibility index (Phi) is 4.54. The number of likely N-dealkylation sites (N-methyl/N-ethyl adjacent to an activating group) is 1. The summed E-state index contributed by atoms with van der Waals surface area (Å²) in [5.41, 5.74) is 0.853. The number of sulfonamides is 2. The molecule has 0 radical (unpaired) electrons. The van der Waals surface area contributed by atoms with E-state index in [2.05, 4.69) is 5.32 Å². The summed E-state index contributed by atoms with van der Waals surface area (Å²) in [5.74, 6) is 0.524. The van der Waals surface area contributed by atoms with Crippen LogP contribution < -0.4 is 19.5 Å². The van der Waals surface area contributed by atoms with Gasteiger partial charge in [-0.25, -0.2) is 22.0 Å². The van der Waals surface area contributed by atoms with E-state index in [9.17, 15) is 16.8 Å². The summed E-state index contributed by atoms with van der Waals surface area (Å²) >= 11 is 0.663. The van der Waals surface area contributed by atoms with Gasteiger partial charge in [-0.2, -0.15) is 0 Å². The van der Waals surface area contributed by atoms with Crippen molar-refractivity contribution in [2.45, 2.75) is 14.5 Å². The van der Waals surface area contributed by atoms with Crippen molar-refractivity contribution in [1.82, 2.24) is 5.32 Å². The molecule has 8 nitrogen and oxygen atoms in total. The van der Waals surface area contributed by atoms with Gasteiger partial charge in [0.05, 0.1) is 25.4 Å². The van der Waals surface area contributed by atoms with E-state index in [1.165, 1.54) is 17.5 Å². The van der Waals surface area contributed by atoms with E-state index in [1.807, 2.05) is 0 Å². The summed E-state index contributed by atoms with van der Waals surface area (Å²) in [6.45, 7) is 0.125. The normalized spacial score (nSPS) is 19.5. The molecule has 0 spiro atoms. The number of hydrogen-bond donors (Lipinski definition) is 2. The molecule has 0 saturated carbocycles. The molecule has 0 bridgehead atoms. The number of fused-ring (bicyclic) bond motifs is 1. The Morgan fingerprint density at radius 3 is 2.68 bits per heavy atom. The van der Waals surface area contributed by atoms with Gasteiger partial charge in [0.25, 0.3) is 10.0 Å². The molecule has 0 fully saturated rings. The lowest BCUT2D eigenvalue weighted by atomic mass is 10.1. The van der Waals surface area contributed by atoms with Gasteiger partial charge in [0, 0.05) is 11.6 Å². The van der Waals surface area contributed by atoms with Gasteiger partial charge in [-0.1, -0.05) is 6.07 Å². The van der Waals surface area contributed by atoms with Crippen molar-refractivity contribution < 1.29 is 21.6 Å². The van der Waals surface area contributed by atoms with Gasteiger partial charge < -0.3 is 10.1 Å². The van der Waals surface area contributed by atoms with Crippen molar-refractivity contribution in [1.29, 1.82) is 0 Å². The molecule has 1 aromatic heterocycles. The van der Waals surface area contributed by atoms with Crippen LogP contribution >= 0.6 is 11.3 Å². The number of nitrogens with one attached hydrogen (secondary N) is 1. The number of methoxy groups -OCH3 is 1. The van der Waals surface area contributed by atoms with Crippen LogP contribution in [0.15, 0.2) is 38.8 Å². The van der Waals surface area contributed by atoms with Crippen LogP contribution in [0.25, 0.3) is 0 Å². The lowest BCUT2D eigenvalue weighted by Crippen LogP contribution is -2.42. The van der Waals surface area contributed by atoms with Gasteiger partial charge in [0.15, 0.2) is 0 Å². The molecule has 136 valence electrons. The number of thiophene rings is 1. The van der Waals surface area contributed by atoms with Crippen LogP contribution in [0.5, 0.6) is 5.75 Å². The molecule has 0 saturated heterocycles. The number of primary sulfonamides is 1. The van der Waals surface area contributed by atoms with Gasteiger partial charge in [-0.15, -0.1) is 11.3 Å². The molecular formula is C14H17N3O5S3. The fraction of sp³-hybridized carbons (Fsp3) is 0.286. The minimum Gasteiger partial charge on any atom is -0.497 e. The summed E-state index contributed by atoms with van der Waals surface area (Å²) in [6, 6.07) is 7.65. The molecule has 11 heteroatoms. The van der Waals surface area contributed by atoms with E-state index >= 15 is 0 Å². The molecule has 3 rings (SSSR count). The molecule has 1 aliphatic rings. The average Bonchev–Trinajstić information content (AvgIpc) is 3.02. The highest BCUT2D eigenvalue weighted by Gasteiger charge is 2.39. The van der Waals surface area contributed by atoms with Gasteiger partial charge in [0.1, 0.15) is 14.2 Å². The van der Waals surface area contributed by atoms with Crippen LogP contribution in [0, 0.1) is 0 Å². The third-order valence-electron chi connectivity index (χ3n) is 3.92. The van der Waals surface area contributed by atoms with Gasteiger partial charge in [-0.3, -0.25) is 4.31 Å². The van der Waals surface area contributed by atoms with E-state index in [0.29, 0.717) is 28.3 Å². The lowest BCUT2D eigenvalue weighted by molar-refractivity contribution is 0.415. The van der Waals surface area contributed by atoms with Crippen molar-refractivity contribution in [2.24, 2.45) is 5.14 Å². The smallest absolute Gasteiger partial charge is 0.274 e. The molecule has 0 aliphatic carbocycles. The van der Waals surface area contributed by atoms with Crippen LogP contribution in [0.1, 0.15) is 11.6 Å². The summed E-state index contributed by atoms with van der Waals surface area (Å²) in [5, 5.41) is 8.19. The van der Waals surface area contributed by atoms with E-state index in [-0.39, 0.29) is 21.0 Å². The zero-order chi connectivity index (χ0) is 18.4. The maximum absolute atomic E-state index is 13.0. The fourth-order valence-electron chi connectivity index (χ4n) is 2.67. The third kappa shape index (κ3) is 3.13. The minimum absolute atomic E-state index is 0.0232. The van der Waals surface area contributed by atoms with E-state index in [4.69, 9.17) is 9.88 Å². The summed E-state index contributed by atoms with van der Waals surface area (Å²) in [4.78, 5) is 0. The standard InChI is InChI=1S/C14H17N3O5S3/c1-16-12-8-17(9-4-3-5-10(6-9)22-2)25(20,21)14-11(12)7-13(23-14)24(15,18)19/h3-7,12,16H,8H2,1-2H3,(H2,15,18,19)/t12-/m1/s1. The zero-order valence-electron chi connectivity index (χ0n) is 13.5. The maximum atomic E-state index is 13.0. The largest absolute Gasteiger partial charge is 0.497 e. The minimum atomic E-state index is -3.98. The van der Waals surface area contributed by atoms with Crippen molar-refractivity contribution in [3.05, 3.63) is 35.9 Å². The number of rotatable bonds is 4. The molecule has 1 atom stereocenters. The molecular weight excluding hydrogens is 386 g/mol. The fourth-order valence-corrected chi connectivity index (χ4v) is 6.92. The zero-order valence-corrected chi connectivity index (χ0v) is 15.9. The Morgan fingerprint density at radius 1 is 1.36 bits per heavy atom. The first kappa shape index (κ1) is 18.1. The Bertz CT molecular complexity index is 1010. The summed E-state index contributed by atoms with van der Waals surface area (Å²) < 4.78 is 55.5. The molecule has 2 aromatic rings. The monoisotopic (exact) mass is 403 g/mol. The summed E-state index contributed by atoms with van der Waals surface area (Å²) in [6.07, 6.45) is 0. The Morgan fingerprint density at radius 2 is 2.08 bits per heavy atom. The van der Waals surface area contributed by atoms with Gasteiger partial charge in [0.2, 0.25) is 10.0 Å². The predicted molar refractivity (Wildman–Crippen MR) is 95.0 cm³/mol. The third-order valence-corrected chi connectivity index (χ3v) is 8.81. The molecule has 1 aliphatic heterocycles. The van der Waals surface area contributed by atoms with Crippen molar-refractivity contribution in [3.63, 3.8) is 0 Å². The van der Waals surface area contributed by atoms with Crippen LogP contribution in [0.3, 0.4) is 0 Å². The molecule has 25 heavy (non-hydrogen) atoms. The molecule has 3 N–H and O–H groups in total. The quantitative estimate of drug-likeness (QED) is 0.782. The Balaban J connectivity index is 2.18. The van der Waals surface area contributed by atoms with Crippen LogP contribution in [-0.2, 0) is 20.0 Å². The van der Waals surface area contributed by atoms with Crippen molar-refractivity contribution >= 4 is 37.1 Å². The highest BCUT2D eigenvalue weighted by atomic mass is 32.3. The second kappa shape index (κ2) is 6.25. The Hall–Kier alpha value is -1.66. The van der Waals surface area contributed by atoms with Crippen molar-refractivity contribution in [2.75, 3.05) is 25.0 Å².